The van der Waals surface area contributed by atoms with Crippen molar-refractivity contribution in [2.75, 3.05) is 19.0 Å². The lowest BCUT2D eigenvalue weighted by Crippen LogP contribution is -2.14. The number of aromatic nitrogens is 2. The Bertz CT molecular complexity index is 1060. The first-order chi connectivity index (χ1) is 11.6. The molecule has 0 atom stereocenters. The summed E-state index contributed by atoms with van der Waals surface area (Å²) in [5, 5.41) is 9.45. The van der Waals surface area contributed by atoms with Crippen LogP contribution in [0.15, 0.2) is 48.7 Å². The third-order valence-electron chi connectivity index (χ3n) is 3.98. The second-order valence-electron chi connectivity index (χ2n) is 5.76. The van der Waals surface area contributed by atoms with Crippen molar-refractivity contribution in [1.29, 1.82) is 0 Å². The van der Waals surface area contributed by atoms with Gasteiger partial charge in [0.25, 0.3) is 0 Å². The molecule has 1 N–H and O–H groups in total. The zero-order valence-corrected chi connectivity index (χ0v) is 14.0. The maximum atomic E-state index is 11.5. The number of anilines is 1. The van der Waals surface area contributed by atoms with Gasteiger partial charge in [-0.2, -0.15) is 0 Å². The van der Waals surface area contributed by atoms with Crippen molar-refractivity contribution in [2.45, 2.75) is 0 Å². The highest BCUT2D eigenvalue weighted by molar-refractivity contribution is 7.24. The van der Waals surface area contributed by atoms with Crippen LogP contribution in [0, 0.1) is 0 Å². The molecular formula is C18H15N3O2S. The number of thiazole rings is 1. The number of rotatable bonds is 3. The number of carboxylic acid groups (broad SMARTS) is 1. The SMILES string of the molecule is CN(C)c1c(C(=O)O)ccc2c1sc1nc(-c3ccccc3)cn12. The second-order valence-corrected chi connectivity index (χ2v) is 6.73. The molecule has 0 aliphatic heterocycles. The van der Waals surface area contributed by atoms with Gasteiger partial charge in [0.1, 0.15) is 0 Å². The van der Waals surface area contributed by atoms with Crippen LogP contribution in [0.5, 0.6) is 0 Å². The summed E-state index contributed by atoms with van der Waals surface area (Å²) in [4.78, 5) is 18.9. The minimum Gasteiger partial charge on any atom is -0.478 e. The van der Waals surface area contributed by atoms with Crippen molar-refractivity contribution in [1.82, 2.24) is 9.38 Å². The third-order valence-corrected chi connectivity index (χ3v) is 5.06. The van der Waals surface area contributed by atoms with Crippen LogP contribution in [0.25, 0.3) is 26.4 Å². The third kappa shape index (κ3) is 2.15. The molecule has 2 aromatic heterocycles. The van der Waals surface area contributed by atoms with Gasteiger partial charge >= 0.3 is 5.97 Å². The van der Waals surface area contributed by atoms with Crippen LogP contribution in [0.3, 0.4) is 0 Å². The highest BCUT2D eigenvalue weighted by Gasteiger charge is 2.19. The lowest BCUT2D eigenvalue weighted by atomic mass is 10.1. The lowest BCUT2D eigenvalue weighted by molar-refractivity contribution is 0.0698. The van der Waals surface area contributed by atoms with E-state index in [4.69, 9.17) is 4.98 Å². The predicted molar refractivity (Wildman–Crippen MR) is 97.3 cm³/mol. The summed E-state index contributed by atoms with van der Waals surface area (Å²) in [6.07, 6.45) is 2.00. The molecule has 0 spiro atoms. The fraction of sp³-hybridized carbons (Fsp3) is 0.111. The minimum absolute atomic E-state index is 0.306. The molecule has 5 nitrogen and oxygen atoms in total. The molecule has 0 saturated carbocycles. The molecule has 4 rings (SSSR count). The van der Waals surface area contributed by atoms with Crippen LogP contribution in [-0.2, 0) is 0 Å². The van der Waals surface area contributed by atoms with Gasteiger partial charge in [-0.1, -0.05) is 41.7 Å². The van der Waals surface area contributed by atoms with E-state index in [-0.39, 0.29) is 0 Å². The number of carboxylic acids is 1. The molecule has 120 valence electrons. The first kappa shape index (κ1) is 14.7. The van der Waals surface area contributed by atoms with Crippen molar-refractivity contribution in [3.05, 3.63) is 54.2 Å². The summed E-state index contributed by atoms with van der Waals surface area (Å²) in [6.45, 7) is 0. The monoisotopic (exact) mass is 337 g/mol. The molecule has 0 radical (unpaired) electrons. The van der Waals surface area contributed by atoms with E-state index in [1.807, 2.05) is 66.0 Å². The zero-order valence-electron chi connectivity index (χ0n) is 13.2. The number of benzene rings is 2. The maximum absolute atomic E-state index is 11.5. The number of aromatic carboxylic acids is 1. The van der Waals surface area contributed by atoms with E-state index in [1.54, 1.807) is 6.07 Å². The number of fused-ring (bicyclic) bond motifs is 3. The molecule has 0 fully saturated rings. The van der Waals surface area contributed by atoms with Crippen LogP contribution in [0.1, 0.15) is 10.4 Å². The Hall–Kier alpha value is -2.86. The van der Waals surface area contributed by atoms with Crippen molar-refractivity contribution in [3.63, 3.8) is 0 Å². The standard InChI is InChI=1S/C18H15N3O2S/c1-20(2)15-12(17(22)23)8-9-14-16(15)24-18-19-13(10-21(14)18)11-6-4-3-5-7-11/h3-10H,1-2H3,(H,22,23). The van der Waals surface area contributed by atoms with Gasteiger partial charge in [-0.3, -0.25) is 4.40 Å². The predicted octanol–water partition coefficient (Wildman–Crippen LogP) is 3.98. The largest absolute Gasteiger partial charge is 0.478 e. The van der Waals surface area contributed by atoms with Gasteiger partial charge in [0, 0.05) is 25.9 Å². The first-order valence-corrected chi connectivity index (χ1v) is 8.28. The zero-order chi connectivity index (χ0) is 16.8. The Morgan fingerprint density at radius 3 is 2.58 bits per heavy atom. The van der Waals surface area contributed by atoms with Crippen LogP contribution in [-0.4, -0.2) is 34.6 Å². The van der Waals surface area contributed by atoms with Crippen LogP contribution in [0.2, 0.25) is 0 Å². The molecule has 6 heteroatoms. The normalized spacial score (nSPS) is 11.2. The van der Waals surface area contributed by atoms with Gasteiger partial charge < -0.3 is 10.0 Å². The Kier molecular flexibility index (Phi) is 3.28. The molecule has 2 aromatic carbocycles. The van der Waals surface area contributed by atoms with Gasteiger partial charge in [-0.25, -0.2) is 9.78 Å². The summed E-state index contributed by atoms with van der Waals surface area (Å²) >= 11 is 1.51. The first-order valence-electron chi connectivity index (χ1n) is 7.47. The molecule has 24 heavy (non-hydrogen) atoms. The number of imidazole rings is 1. The summed E-state index contributed by atoms with van der Waals surface area (Å²) in [6, 6.07) is 13.5. The summed E-state index contributed by atoms with van der Waals surface area (Å²) in [5.41, 5.74) is 3.98. The highest BCUT2D eigenvalue weighted by Crippen LogP contribution is 2.37. The quantitative estimate of drug-likeness (QED) is 0.614. The number of carbonyl (C=O) groups is 1. The van der Waals surface area contributed by atoms with Gasteiger partial charge in [0.15, 0.2) is 4.96 Å². The summed E-state index contributed by atoms with van der Waals surface area (Å²) in [7, 11) is 3.72. The lowest BCUT2D eigenvalue weighted by Gasteiger charge is -2.16. The number of nitrogens with zero attached hydrogens (tertiary/aromatic N) is 3. The van der Waals surface area contributed by atoms with Crippen LogP contribution < -0.4 is 4.90 Å². The molecule has 2 heterocycles. The van der Waals surface area contributed by atoms with Gasteiger partial charge in [0.2, 0.25) is 0 Å². The molecule has 4 aromatic rings. The smallest absolute Gasteiger partial charge is 0.337 e. The van der Waals surface area contributed by atoms with E-state index in [2.05, 4.69) is 0 Å². The van der Waals surface area contributed by atoms with E-state index < -0.39 is 5.97 Å². The molecular weight excluding hydrogens is 322 g/mol. The molecule has 0 aliphatic carbocycles. The fourth-order valence-corrected chi connectivity index (χ4v) is 4.15. The highest BCUT2D eigenvalue weighted by atomic mass is 32.1. The Balaban J connectivity index is 1.98. The van der Waals surface area contributed by atoms with Gasteiger partial charge in [0.05, 0.1) is 27.2 Å². The fourth-order valence-electron chi connectivity index (χ4n) is 2.91. The van der Waals surface area contributed by atoms with Gasteiger partial charge in [-0.05, 0) is 12.1 Å². The average Bonchev–Trinajstić information content (AvgIpc) is 3.12. The van der Waals surface area contributed by atoms with E-state index in [0.717, 1.165) is 32.1 Å². The van der Waals surface area contributed by atoms with E-state index in [9.17, 15) is 9.90 Å². The van der Waals surface area contributed by atoms with Crippen molar-refractivity contribution >= 4 is 38.2 Å². The molecule has 0 unspecified atom stereocenters. The van der Waals surface area contributed by atoms with Crippen LogP contribution in [0.4, 0.5) is 5.69 Å². The number of hydrogen-bond acceptors (Lipinski definition) is 4. The van der Waals surface area contributed by atoms with E-state index in [0.29, 0.717) is 5.56 Å². The summed E-state index contributed by atoms with van der Waals surface area (Å²) < 4.78 is 2.96. The van der Waals surface area contributed by atoms with Crippen molar-refractivity contribution < 1.29 is 9.90 Å². The Labute approximate surface area is 142 Å². The maximum Gasteiger partial charge on any atom is 0.337 e. The second kappa shape index (κ2) is 5.35. The van der Waals surface area contributed by atoms with Crippen molar-refractivity contribution in [3.8, 4) is 11.3 Å². The molecule has 0 saturated heterocycles. The van der Waals surface area contributed by atoms with Crippen molar-refractivity contribution in [2.24, 2.45) is 0 Å². The molecule has 0 bridgehead atoms. The van der Waals surface area contributed by atoms with Crippen LogP contribution >= 0.6 is 11.3 Å². The minimum atomic E-state index is -0.920. The average molecular weight is 337 g/mol. The topological polar surface area (TPSA) is 57.8 Å². The molecule has 0 amide bonds. The van der Waals surface area contributed by atoms with E-state index >= 15 is 0 Å². The Morgan fingerprint density at radius 1 is 1.17 bits per heavy atom. The summed E-state index contributed by atoms with van der Waals surface area (Å²) in [5.74, 6) is -0.920. The number of hydrogen-bond donors (Lipinski definition) is 1. The molecule has 0 aliphatic rings. The van der Waals surface area contributed by atoms with E-state index in [1.165, 1.54) is 11.3 Å². The van der Waals surface area contributed by atoms with Gasteiger partial charge in [-0.15, -0.1) is 0 Å². The Morgan fingerprint density at radius 2 is 1.92 bits per heavy atom.